The van der Waals surface area contributed by atoms with E-state index in [0.29, 0.717) is 20.6 Å². The molecule has 0 fully saturated rings. The third-order valence-electron chi connectivity index (χ3n) is 3.53. The molecule has 3 rings (SSSR count). The number of amides is 2. The van der Waals surface area contributed by atoms with Crippen LogP contribution in [-0.2, 0) is 0 Å². The molecule has 0 bridgehead atoms. The maximum Gasteiger partial charge on any atom is 0.266 e. The van der Waals surface area contributed by atoms with Crippen LogP contribution in [0, 0.1) is 12.7 Å². The first-order chi connectivity index (χ1) is 12.4. The number of thiophene rings is 1. The molecular formula is C19H14ClFN2O2S. The standard InChI is InChI=1S/C19H14ClFN2O2S/c1-11-8-16(23-18(24)12-4-2-6-14(21)9-12)26-17(11)19(25)22-15-7-3-5-13(20)10-15/h2-10H,1H3,(H,22,25)(H,23,24). The summed E-state index contributed by atoms with van der Waals surface area (Å²) in [5, 5.41) is 6.49. The number of rotatable bonds is 4. The zero-order valence-electron chi connectivity index (χ0n) is 13.7. The SMILES string of the molecule is Cc1cc(NC(=O)c2cccc(F)c2)sc1C(=O)Nc1cccc(Cl)c1. The summed E-state index contributed by atoms with van der Waals surface area (Å²) in [5.41, 5.74) is 1.52. The molecule has 0 aliphatic heterocycles. The maximum absolute atomic E-state index is 13.2. The number of hydrogen-bond donors (Lipinski definition) is 2. The number of aryl methyl sites for hydroxylation is 1. The molecular weight excluding hydrogens is 375 g/mol. The number of benzene rings is 2. The lowest BCUT2D eigenvalue weighted by Gasteiger charge is -2.04. The fraction of sp³-hybridized carbons (Fsp3) is 0.0526. The summed E-state index contributed by atoms with van der Waals surface area (Å²) in [6.45, 7) is 1.78. The number of carbonyl (C=O) groups is 2. The highest BCUT2D eigenvalue weighted by Crippen LogP contribution is 2.28. The molecule has 1 heterocycles. The largest absolute Gasteiger partial charge is 0.321 e. The molecule has 0 saturated heterocycles. The van der Waals surface area contributed by atoms with Crippen LogP contribution in [0.2, 0.25) is 5.02 Å². The average Bonchev–Trinajstić information content (AvgIpc) is 2.95. The monoisotopic (exact) mass is 388 g/mol. The second-order valence-corrected chi connectivity index (χ2v) is 7.04. The van der Waals surface area contributed by atoms with Gasteiger partial charge in [0, 0.05) is 16.3 Å². The van der Waals surface area contributed by atoms with Crippen LogP contribution in [0.15, 0.2) is 54.6 Å². The Morgan fingerprint density at radius 3 is 2.50 bits per heavy atom. The summed E-state index contributed by atoms with van der Waals surface area (Å²) in [6.07, 6.45) is 0. The lowest BCUT2D eigenvalue weighted by molar-refractivity contribution is 0.101. The van der Waals surface area contributed by atoms with E-state index in [1.807, 2.05) is 0 Å². The van der Waals surface area contributed by atoms with Gasteiger partial charge in [-0.25, -0.2) is 4.39 Å². The van der Waals surface area contributed by atoms with Crippen LogP contribution in [0.5, 0.6) is 0 Å². The molecule has 132 valence electrons. The van der Waals surface area contributed by atoms with Crippen molar-refractivity contribution < 1.29 is 14.0 Å². The van der Waals surface area contributed by atoms with Crippen LogP contribution in [0.1, 0.15) is 25.6 Å². The van der Waals surface area contributed by atoms with Gasteiger partial charge in [0.15, 0.2) is 0 Å². The van der Waals surface area contributed by atoms with E-state index in [0.717, 1.165) is 23.0 Å². The van der Waals surface area contributed by atoms with Gasteiger partial charge in [0.2, 0.25) is 0 Å². The highest BCUT2D eigenvalue weighted by Gasteiger charge is 2.16. The fourth-order valence-corrected chi connectivity index (χ4v) is 3.49. The Labute approximate surface area is 158 Å². The molecule has 2 amide bonds. The number of nitrogens with one attached hydrogen (secondary N) is 2. The van der Waals surface area contributed by atoms with Gasteiger partial charge >= 0.3 is 0 Å². The molecule has 0 spiro atoms. The van der Waals surface area contributed by atoms with Gasteiger partial charge in [-0.3, -0.25) is 9.59 Å². The Morgan fingerprint density at radius 2 is 1.77 bits per heavy atom. The van der Waals surface area contributed by atoms with Crippen LogP contribution < -0.4 is 10.6 Å². The smallest absolute Gasteiger partial charge is 0.266 e. The van der Waals surface area contributed by atoms with E-state index in [1.165, 1.54) is 18.2 Å². The Kier molecular flexibility index (Phi) is 5.35. The third kappa shape index (κ3) is 4.28. The molecule has 2 aromatic carbocycles. The van der Waals surface area contributed by atoms with Gasteiger partial charge in [-0.15, -0.1) is 11.3 Å². The summed E-state index contributed by atoms with van der Waals surface area (Å²) in [4.78, 5) is 25.1. The first kappa shape index (κ1) is 18.1. The van der Waals surface area contributed by atoms with Crippen LogP contribution in [0.25, 0.3) is 0 Å². The fourth-order valence-electron chi connectivity index (χ4n) is 2.34. The minimum absolute atomic E-state index is 0.209. The number of hydrogen-bond acceptors (Lipinski definition) is 3. The van der Waals surface area contributed by atoms with E-state index in [4.69, 9.17) is 11.6 Å². The molecule has 3 aromatic rings. The lowest BCUT2D eigenvalue weighted by atomic mass is 10.2. The maximum atomic E-state index is 13.2. The average molecular weight is 389 g/mol. The molecule has 0 unspecified atom stereocenters. The third-order valence-corrected chi connectivity index (χ3v) is 4.92. The molecule has 0 aliphatic carbocycles. The van der Waals surface area contributed by atoms with E-state index in [2.05, 4.69) is 10.6 Å². The molecule has 1 aromatic heterocycles. The molecule has 2 N–H and O–H groups in total. The molecule has 0 atom stereocenters. The zero-order chi connectivity index (χ0) is 18.7. The van der Waals surface area contributed by atoms with E-state index < -0.39 is 11.7 Å². The summed E-state index contributed by atoms with van der Waals surface area (Å²) in [7, 11) is 0. The van der Waals surface area contributed by atoms with Crippen molar-refractivity contribution in [3.8, 4) is 0 Å². The predicted molar refractivity (Wildman–Crippen MR) is 103 cm³/mol. The summed E-state index contributed by atoms with van der Waals surface area (Å²) >= 11 is 7.06. The first-order valence-electron chi connectivity index (χ1n) is 7.66. The first-order valence-corrected chi connectivity index (χ1v) is 8.86. The van der Waals surface area contributed by atoms with Crippen LogP contribution in [-0.4, -0.2) is 11.8 Å². The van der Waals surface area contributed by atoms with E-state index >= 15 is 0 Å². The lowest BCUT2D eigenvalue weighted by Crippen LogP contribution is -2.11. The molecule has 7 heteroatoms. The van der Waals surface area contributed by atoms with Crippen molar-refractivity contribution in [1.82, 2.24) is 0 Å². The van der Waals surface area contributed by atoms with Gasteiger partial charge in [-0.1, -0.05) is 23.7 Å². The number of anilines is 2. The van der Waals surface area contributed by atoms with E-state index in [-0.39, 0.29) is 11.5 Å². The second-order valence-electron chi connectivity index (χ2n) is 5.55. The van der Waals surface area contributed by atoms with Crippen LogP contribution in [0.4, 0.5) is 15.1 Å². The molecule has 0 aliphatic rings. The van der Waals surface area contributed by atoms with Gasteiger partial charge in [-0.2, -0.15) is 0 Å². The number of carbonyl (C=O) groups excluding carboxylic acids is 2. The predicted octanol–water partition coefficient (Wildman–Crippen LogP) is 5.35. The Bertz CT molecular complexity index is 987. The van der Waals surface area contributed by atoms with Gasteiger partial charge in [-0.05, 0) is 55.0 Å². The summed E-state index contributed by atoms with van der Waals surface area (Å²) < 4.78 is 13.2. The second kappa shape index (κ2) is 7.68. The van der Waals surface area contributed by atoms with E-state index in [9.17, 15) is 14.0 Å². The number of halogens is 2. The molecule has 0 saturated carbocycles. The van der Waals surface area contributed by atoms with Crippen LogP contribution in [0.3, 0.4) is 0 Å². The van der Waals surface area contributed by atoms with Crippen molar-refractivity contribution in [3.05, 3.63) is 81.4 Å². The highest BCUT2D eigenvalue weighted by atomic mass is 35.5. The van der Waals surface area contributed by atoms with Gasteiger partial charge in [0.1, 0.15) is 5.82 Å². The Hall–Kier alpha value is -2.70. The van der Waals surface area contributed by atoms with Gasteiger partial charge in [0.05, 0.1) is 9.88 Å². The van der Waals surface area contributed by atoms with Crippen molar-refractivity contribution in [2.45, 2.75) is 6.92 Å². The summed E-state index contributed by atoms with van der Waals surface area (Å²) in [6, 6.07) is 14.0. The zero-order valence-corrected chi connectivity index (χ0v) is 15.2. The summed E-state index contributed by atoms with van der Waals surface area (Å²) in [5.74, 6) is -1.21. The molecule has 26 heavy (non-hydrogen) atoms. The topological polar surface area (TPSA) is 58.2 Å². The van der Waals surface area contributed by atoms with Crippen molar-refractivity contribution >= 4 is 45.4 Å². The minimum Gasteiger partial charge on any atom is -0.321 e. The quantitative estimate of drug-likeness (QED) is 0.632. The van der Waals surface area contributed by atoms with Crippen molar-refractivity contribution in [3.63, 3.8) is 0 Å². The van der Waals surface area contributed by atoms with Crippen molar-refractivity contribution in [1.29, 1.82) is 0 Å². The Morgan fingerprint density at radius 1 is 1.00 bits per heavy atom. The molecule has 0 radical (unpaired) electrons. The van der Waals surface area contributed by atoms with Crippen molar-refractivity contribution in [2.24, 2.45) is 0 Å². The van der Waals surface area contributed by atoms with E-state index in [1.54, 1.807) is 37.3 Å². The van der Waals surface area contributed by atoms with Crippen molar-refractivity contribution in [2.75, 3.05) is 10.6 Å². The highest BCUT2D eigenvalue weighted by molar-refractivity contribution is 7.18. The van der Waals surface area contributed by atoms with Crippen LogP contribution >= 0.6 is 22.9 Å². The van der Waals surface area contributed by atoms with Gasteiger partial charge < -0.3 is 10.6 Å². The van der Waals surface area contributed by atoms with Gasteiger partial charge in [0.25, 0.3) is 11.8 Å². The molecule has 4 nitrogen and oxygen atoms in total. The minimum atomic E-state index is -0.485. The Balaban J connectivity index is 1.74. The normalized spacial score (nSPS) is 10.4.